The van der Waals surface area contributed by atoms with E-state index in [2.05, 4.69) is 43.1 Å². The molecule has 0 spiro atoms. The number of aromatic amines is 1. The van der Waals surface area contributed by atoms with Crippen molar-refractivity contribution in [2.45, 2.75) is 25.3 Å². The SMILES string of the molecule is CN(CCc1ccccn1)C1CCN(c2n[nH]c(N)n2)CC1. The molecule has 2 aromatic rings. The number of pyridine rings is 1. The molecule has 0 aliphatic carbocycles. The smallest absolute Gasteiger partial charge is 0.246 e. The number of nitrogens with one attached hydrogen (secondary N) is 1. The van der Waals surface area contributed by atoms with Crippen LogP contribution in [-0.2, 0) is 6.42 Å². The fourth-order valence-electron chi connectivity index (χ4n) is 2.93. The lowest BCUT2D eigenvalue weighted by Gasteiger charge is -2.36. The van der Waals surface area contributed by atoms with Crippen molar-refractivity contribution in [3.8, 4) is 0 Å². The van der Waals surface area contributed by atoms with E-state index in [1.807, 2.05) is 18.3 Å². The standard InChI is InChI=1S/C15H23N7/c1-21(9-5-12-4-2-3-8-17-12)13-6-10-22(11-7-13)15-18-14(16)19-20-15/h2-4,8,13H,5-7,9-11H2,1H3,(H3,16,18,19,20). The van der Waals surface area contributed by atoms with Crippen LogP contribution in [0.1, 0.15) is 18.5 Å². The highest BCUT2D eigenvalue weighted by Crippen LogP contribution is 2.19. The fraction of sp³-hybridized carbons (Fsp3) is 0.533. The van der Waals surface area contributed by atoms with E-state index in [1.165, 1.54) is 0 Å². The van der Waals surface area contributed by atoms with Crippen molar-refractivity contribution < 1.29 is 0 Å². The van der Waals surface area contributed by atoms with Crippen molar-refractivity contribution in [2.75, 3.05) is 37.3 Å². The lowest BCUT2D eigenvalue weighted by Crippen LogP contribution is -2.44. The normalized spacial score (nSPS) is 16.4. The van der Waals surface area contributed by atoms with Gasteiger partial charge in [0.1, 0.15) is 0 Å². The van der Waals surface area contributed by atoms with Crippen LogP contribution in [0.3, 0.4) is 0 Å². The van der Waals surface area contributed by atoms with Crippen LogP contribution in [0.25, 0.3) is 0 Å². The van der Waals surface area contributed by atoms with Gasteiger partial charge in [-0.1, -0.05) is 6.07 Å². The molecule has 22 heavy (non-hydrogen) atoms. The van der Waals surface area contributed by atoms with Gasteiger partial charge < -0.3 is 15.5 Å². The first kappa shape index (κ1) is 14.8. The summed E-state index contributed by atoms with van der Waals surface area (Å²) in [5, 5.41) is 6.82. The number of nitrogens with two attached hydrogens (primary N) is 1. The first-order valence-corrected chi connectivity index (χ1v) is 7.75. The lowest BCUT2D eigenvalue weighted by molar-refractivity contribution is 0.209. The van der Waals surface area contributed by atoms with Crippen LogP contribution >= 0.6 is 0 Å². The fourth-order valence-corrected chi connectivity index (χ4v) is 2.93. The van der Waals surface area contributed by atoms with Gasteiger partial charge in [0.05, 0.1) is 0 Å². The molecule has 2 aromatic heterocycles. The van der Waals surface area contributed by atoms with Gasteiger partial charge in [-0.05, 0) is 32.0 Å². The Morgan fingerprint density at radius 3 is 2.82 bits per heavy atom. The highest BCUT2D eigenvalue weighted by molar-refractivity contribution is 5.34. The molecule has 0 amide bonds. The number of nitrogens with zero attached hydrogens (tertiary/aromatic N) is 5. The number of nitrogen functional groups attached to an aromatic ring is 1. The molecule has 0 bridgehead atoms. The molecule has 3 N–H and O–H groups in total. The molecule has 3 rings (SSSR count). The Balaban J connectivity index is 1.46. The van der Waals surface area contributed by atoms with Crippen molar-refractivity contribution in [1.29, 1.82) is 0 Å². The van der Waals surface area contributed by atoms with Crippen LogP contribution in [0.4, 0.5) is 11.9 Å². The molecule has 1 aliphatic rings. The first-order valence-electron chi connectivity index (χ1n) is 7.75. The zero-order chi connectivity index (χ0) is 15.4. The van der Waals surface area contributed by atoms with Gasteiger partial charge in [-0.15, -0.1) is 5.10 Å². The summed E-state index contributed by atoms with van der Waals surface area (Å²) in [4.78, 5) is 13.2. The summed E-state index contributed by atoms with van der Waals surface area (Å²) < 4.78 is 0. The minimum absolute atomic E-state index is 0.379. The van der Waals surface area contributed by atoms with Crippen LogP contribution in [0.5, 0.6) is 0 Å². The highest BCUT2D eigenvalue weighted by atomic mass is 15.4. The summed E-state index contributed by atoms with van der Waals surface area (Å²) >= 11 is 0. The van der Waals surface area contributed by atoms with E-state index in [9.17, 15) is 0 Å². The van der Waals surface area contributed by atoms with Crippen molar-refractivity contribution in [2.24, 2.45) is 0 Å². The maximum atomic E-state index is 5.59. The average Bonchev–Trinajstić information content (AvgIpc) is 3.00. The third kappa shape index (κ3) is 3.54. The number of H-pyrrole nitrogens is 1. The molecule has 0 radical (unpaired) electrons. The van der Waals surface area contributed by atoms with E-state index in [0.717, 1.165) is 44.6 Å². The minimum Gasteiger partial charge on any atom is -0.368 e. The zero-order valence-corrected chi connectivity index (χ0v) is 12.9. The molecular formula is C15H23N7. The van der Waals surface area contributed by atoms with Gasteiger partial charge in [-0.25, -0.2) is 5.10 Å². The van der Waals surface area contributed by atoms with Crippen LogP contribution in [0, 0.1) is 0 Å². The van der Waals surface area contributed by atoms with Gasteiger partial charge >= 0.3 is 0 Å². The van der Waals surface area contributed by atoms with Gasteiger partial charge in [-0.3, -0.25) is 4.98 Å². The molecule has 1 fully saturated rings. The van der Waals surface area contributed by atoms with E-state index < -0.39 is 0 Å². The molecular weight excluding hydrogens is 278 g/mol. The summed E-state index contributed by atoms with van der Waals surface area (Å²) in [6.45, 7) is 2.97. The lowest BCUT2D eigenvalue weighted by atomic mass is 10.0. The Bertz CT molecular complexity index is 575. The minimum atomic E-state index is 0.379. The van der Waals surface area contributed by atoms with Gasteiger partial charge in [0.2, 0.25) is 11.9 Å². The van der Waals surface area contributed by atoms with Crippen LogP contribution < -0.4 is 10.6 Å². The van der Waals surface area contributed by atoms with Gasteiger partial charge in [0.15, 0.2) is 0 Å². The second-order valence-corrected chi connectivity index (χ2v) is 5.79. The predicted molar refractivity (Wildman–Crippen MR) is 86.6 cm³/mol. The van der Waals surface area contributed by atoms with Crippen LogP contribution in [0.15, 0.2) is 24.4 Å². The predicted octanol–water partition coefficient (Wildman–Crippen LogP) is 0.925. The molecule has 0 aromatic carbocycles. The maximum Gasteiger partial charge on any atom is 0.246 e. The number of piperidine rings is 1. The van der Waals surface area contributed by atoms with E-state index >= 15 is 0 Å². The third-order valence-electron chi connectivity index (χ3n) is 4.31. The van der Waals surface area contributed by atoms with Crippen LogP contribution in [0.2, 0.25) is 0 Å². The third-order valence-corrected chi connectivity index (χ3v) is 4.31. The summed E-state index contributed by atoms with van der Waals surface area (Å²) in [5.74, 6) is 1.09. The van der Waals surface area contributed by atoms with Crippen molar-refractivity contribution in [1.82, 2.24) is 25.1 Å². The number of aromatic nitrogens is 4. The quantitative estimate of drug-likeness (QED) is 0.854. The number of hydrogen-bond donors (Lipinski definition) is 2. The molecule has 1 aliphatic heterocycles. The maximum absolute atomic E-state index is 5.59. The number of likely N-dealkylation sites (N-methyl/N-ethyl adjacent to an activating group) is 1. The second-order valence-electron chi connectivity index (χ2n) is 5.79. The summed E-state index contributed by atoms with van der Waals surface area (Å²) in [6, 6.07) is 6.70. The second kappa shape index (κ2) is 6.74. The van der Waals surface area contributed by atoms with E-state index in [1.54, 1.807) is 0 Å². The summed E-state index contributed by atoms with van der Waals surface area (Å²) in [7, 11) is 2.20. The first-order chi connectivity index (χ1) is 10.7. The van der Waals surface area contributed by atoms with E-state index in [4.69, 9.17) is 5.73 Å². The molecule has 7 heteroatoms. The Labute approximate surface area is 130 Å². The summed E-state index contributed by atoms with van der Waals surface area (Å²) in [5.41, 5.74) is 6.74. The van der Waals surface area contributed by atoms with E-state index in [-0.39, 0.29) is 0 Å². The Morgan fingerprint density at radius 1 is 1.36 bits per heavy atom. The highest BCUT2D eigenvalue weighted by Gasteiger charge is 2.24. The summed E-state index contributed by atoms with van der Waals surface area (Å²) in [6.07, 6.45) is 5.09. The van der Waals surface area contributed by atoms with Gasteiger partial charge in [-0.2, -0.15) is 4.98 Å². The monoisotopic (exact) mass is 301 g/mol. The Kier molecular flexibility index (Phi) is 4.53. The van der Waals surface area contributed by atoms with Gasteiger partial charge in [0, 0.05) is 44.0 Å². The zero-order valence-electron chi connectivity index (χ0n) is 12.9. The van der Waals surface area contributed by atoms with Crippen molar-refractivity contribution in [3.63, 3.8) is 0 Å². The van der Waals surface area contributed by atoms with Crippen LogP contribution in [-0.4, -0.2) is 57.8 Å². The molecule has 3 heterocycles. The average molecular weight is 301 g/mol. The largest absolute Gasteiger partial charge is 0.368 e. The Morgan fingerprint density at radius 2 is 2.18 bits per heavy atom. The number of anilines is 2. The topological polar surface area (TPSA) is 87.0 Å². The number of rotatable bonds is 5. The molecule has 0 unspecified atom stereocenters. The van der Waals surface area contributed by atoms with E-state index in [0.29, 0.717) is 17.9 Å². The number of hydrogen-bond acceptors (Lipinski definition) is 6. The Hall–Kier alpha value is -2.15. The van der Waals surface area contributed by atoms with Gasteiger partial charge in [0.25, 0.3) is 0 Å². The van der Waals surface area contributed by atoms with Crippen molar-refractivity contribution >= 4 is 11.9 Å². The molecule has 118 valence electrons. The molecule has 1 saturated heterocycles. The van der Waals surface area contributed by atoms with Crippen molar-refractivity contribution in [3.05, 3.63) is 30.1 Å². The molecule has 7 nitrogen and oxygen atoms in total. The molecule has 0 atom stereocenters. The molecule has 0 saturated carbocycles.